The number of nitrogens with zero attached hydrogens (tertiary/aromatic N) is 4. The predicted octanol–water partition coefficient (Wildman–Crippen LogP) is -0.120. The Kier molecular flexibility index (Phi) is 3.37. The Morgan fingerprint density at radius 1 is 1.59 bits per heavy atom. The molecule has 1 fully saturated rings. The Labute approximate surface area is 99.2 Å². The fourth-order valence-corrected chi connectivity index (χ4v) is 2.06. The first-order valence-corrected chi connectivity index (χ1v) is 5.83. The van der Waals surface area contributed by atoms with Gasteiger partial charge in [0.05, 0.1) is 6.04 Å². The molecule has 0 spiro atoms. The van der Waals surface area contributed by atoms with Gasteiger partial charge in [-0.25, -0.2) is 0 Å². The van der Waals surface area contributed by atoms with Crippen LogP contribution in [0, 0.1) is 5.92 Å². The Bertz CT molecular complexity index is 378. The van der Waals surface area contributed by atoms with Crippen molar-refractivity contribution < 1.29 is 9.90 Å². The maximum atomic E-state index is 12.1. The first kappa shape index (κ1) is 12.0. The minimum atomic E-state index is -0.956. The molecule has 1 aliphatic heterocycles. The number of aliphatic hydroxyl groups is 1. The Balaban J connectivity index is 2.12. The average molecular weight is 239 g/mol. The van der Waals surface area contributed by atoms with E-state index >= 15 is 0 Å². The van der Waals surface area contributed by atoms with Crippen molar-refractivity contribution in [2.75, 3.05) is 6.54 Å². The summed E-state index contributed by atoms with van der Waals surface area (Å²) in [5.74, 6) is 0.188. The Hall–Kier alpha value is -1.50. The van der Waals surface area contributed by atoms with Crippen LogP contribution in [0.1, 0.15) is 38.6 Å². The lowest BCUT2D eigenvalue weighted by Gasteiger charge is -2.26. The van der Waals surface area contributed by atoms with Crippen molar-refractivity contribution in [3.8, 4) is 0 Å². The highest BCUT2D eigenvalue weighted by molar-refractivity contribution is 5.81. The Morgan fingerprint density at radius 3 is 2.94 bits per heavy atom. The number of aromatic amines is 1. The highest BCUT2D eigenvalue weighted by Gasteiger charge is 2.36. The van der Waals surface area contributed by atoms with Crippen molar-refractivity contribution in [2.45, 2.75) is 38.8 Å². The summed E-state index contributed by atoms with van der Waals surface area (Å²) in [4.78, 5) is 13.7. The summed E-state index contributed by atoms with van der Waals surface area (Å²) in [6, 6.07) is -0.158. The van der Waals surface area contributed by atoms with Gasteiger partial charge >= 0.3 is 0 Å². The van der Waals surface area contributed by atoms with E-state index in [-0.39, 0.29) is 17.9 Å². The lowest BCUT2D eigenvalue weighted by Crippen LogP contribution is -2.41. The number of amides is 1. The standard InChI is InChI=1S/C10H17N5O2/c1-6(2)8(16)10(17)15-5-3-4-7(15)9-11-13-14-12-9/h6-8,16H,3-5H2,1-2H3,(H,11,12,13,14)/t7?,8-/m1/s1. The van der Waals surface area contributed by atoms with Gasteiger partial charge in [-0.15, -0.1) is 10.2 Å². The fourth-order valence-electron chi connectivity index (χ4n) is 2.06. The van der Waals surface area contributed by atoms with Crippen molar-refractivity contribution in [1.29, 1.82) is 0 Å². The molecule has 0 aliphatic carbocycles. The summed E-state index contributed by atoms with van der Waals surface area (Å²) >= 11 is 0. The van der Waals surface area contributed by atoms with Crippen LogP contribution in [-0.2, 0) is 4.79 Å². The third kappa shape index (κ3) is 2.28. The quantitative estimate of drug-likeness (QED) is 0.766. The van der Waals surface area contributed by atoms with Crippen molar-refractivity contribution in [2.24, 2.45) is 5.92 Å². The third-order valence-electron chi connectivity index (χ3n) is 3.08. The molecule has 0 aromatic carbocycles. The van der Waals surface area contributed by atoms with Crippen LogP contribution in [0.5, 0.6) is 0 Å². The minimum Gasteiger partial charge on any atom is -0.383 e. The van der Waals surface area contributed by atoms with Gasteiger partial charge in [0.25, 0.3) is 5.91 Å². The number of nitrogens with one attached hydrogen (secondary N) is 1. The Morgan fingerprint density at radius 2 is 2.35 bits per heavy atom. The predicted molar refractivity (Wildman–Crippen MR) is 58.7 cm³/mol. The monoisotopic (exact) mass is 239 g/mol. The summed E-state index contributed by atoms with van der Waals surface area (Å²) in [7, 11) is 0. The maximum absolute atomic E-state index is 12.1. The molecule has 0 bridgehead atoms. The van der Waals surface area contributed by atoms with Crippen LogP contribution in [0.3, 0.4) is 0 Å². The second-order valence-corrected chi connectivity index (χ2v) is 4.65. The first-order chi connectivity index (χ1) is 8.11. The minimum absolute atomic E-state index is 0.0889. The van der Waals surface area contributed by atoms with Gasteiger partial charge in [-0.1, -0.05) is 19.1 Å². The fraction of sp³-hybridized carbons (Fsp3) is 0.800. The van der Waals surface area contributed by atoms with Crippen LogP contribution < -0.4 is 0 Å². The molecule has 1 aromatic rings. The molecule has 2 heterocycles. The second-order valence-electron chi connectivity index (χ2n) is 4.65. The van der Waals surface area contributed by atoms with Crippen LogP contribution in [0.25, 0.3) is 0 Å². The number of hydrogen-bond acceptors (Lipinski definition) is 5. The number of aliphatic hydroxyl groups excluding tert-OH is 1. The molecule has 1 saturated heterocycles. The van der Waals surface area contributed by atoms with Crippen molar-refractivity contribution in [1.82, 2.24) is 25.5 Å². The van der Waals surface area contributed by atoms with Crippen molar-refractivity contribution >= 4 is 5.91 Å². The van der Waals surface area contributed by atoms with Gasteiger partial charge in [-0.2, -0.15) is 5.21 Å². The molecule has 0 radical (unpaired) electrons. The number of tetrazole rings is 1. The first-order valence-electron chi connectivity index (χ1n) is 5.83. The molecular formula is C10H17N5O2. The lowest BCUT2D eigenvalue weighted by molar-refractivity contribution is -0.143. The second kappa shape index (κ2) is 4.79. The number of carbonyl (C=O) groups excluding carboxylic acids is 1. The van der Waals surface area contributed by atoms with E-state index in [0.717, 1.165) is 12.8 Å². The van der Waals surface area contributed by atoms with E-state index in [2.05, 4.69) is 20.6 Å². The third-order valence-corrected chi connectivity index (χ3v) is 3.08. The normalized spacial score (nSPS) is 22.1. The van der Waals surface area contributed by atoms with E-state index in [9.17, 15) is 9.90 Å². The molecule has 94 valence electrons. The molecule has 1 amide bonds. The molecule has 17 heavy (non-hydrogen) atoms. The zero-order valence-electron chi connectivity index (χ0n) is 10.00. The number of carbonyl (C=O) groups is 1. The number of rotatable bonds is 3. The van der Waals surface area contributed by atoms with Gasteiger partial charge in [-0.05, 0) is 18.8 Å². The molecule has 7 nitrogen and oxygen atoms in total. The van der Waals surface area contributed by atoms with Crippen LogP contribution >= 0.6 is 0 Å². The van der Waals surface area contributed by atoms with E-state index in [1.165, 1.54) is 0 Å². The van der Waals surface area contributed by atoms with E-state index < -0.39 is 6.10 Å². The molecule has 1 unspecified atom stereocenters. The zero-order valence-corrected chi connectivity index (χ0v) is 10.00. The van der Waals surface area contributed by atoms with Crippen molar-refractivity contribution in [3.63, 3.8) is 0 Å². The molecule has 2 N–H and O–H groups in total. The van der Waals surface area contributed by atoms with Gasteiger partial charge < -0.3 is 10.0 Å². The molecule has 1 aromatic heterocycles. The summed E-state index contributed by atoms with van der Waals surface area (Å²) in [5.41, 5.74) is 0. The lowest BCUT2D eigenvalue weighted by atomic mass is 10.1. The van der Waals surface area contributed by atoms with Crippen LogP contribution in [-0.4, -0.2) is 49.2 Å². The molecule has 7 heteroatoms. The van der Waals surface area contributed by atoms with Crippen LogP contribution in [0.4, 0.5) is 0 Å². The molecule has 1 aliphatic rings. The number of H-pyrrole nitrogens is 1. The number of hydrogen-bond donors (Lipinski definition) is 2. The molecule has 2 atom stereocenters. The molecule has 0 saturated carbocycles. The topological polar surface area (TPSA) is 95.0 Å². The number of likely N-dealkylation sites (tertiary alicyclic amines) is 1. The maximum Gasteiger partial charge on any atom is 0.252 e. The zero-order chi connectivity index (χ0) is 12.4. The van der Waals surface area contributed by atoms with Gasteiger partial charge in [0.2, 0.25) is 0 Å². The van der Waals surface area contributed by atoms with Crippen LogP contribution in [0.15, 0.2) is 0 Å². The van der Waals surface area contributed by atoms with Gasteiger partial charge in [-0.3, -0.25) is 4.79 Å². The van der Waals surface area contributed by atoms with Gasteiger partial charge in [0.1, 0.15) is 6.10 Å². The summed E-state index contributed by atoms with van der Waals surface area (Å²) < 4.78 is 0. The molecular weight excluding hydrogens is 222 g/mol. The largest absolute Gasteiger partial charge is 0.383 e. The van der Waals surface area contributed by atoms with Crippen LogP contribution in [0.2, 0.25) is 0 Å². The van der Waals surface area contributed by atoms with E-state index in [1.54, 1.807) is 4.90 Å². The van der Waals surface area contributed by atoms with Gasteiger partial charge in [0, 0.05) is 6.54 Å². The smallest absolute Gasteiger partial charge is 0.252 e. The summed E-state index contributed by atoms with van der Waals surface area (Å²) in [5, 5.41) is 23.5. The SMILES string of the molecule is CC(C)[C@@H](O)C(=O)N1CCCC1c1nn[nH]n1. The van der Waals surface area contributed by atoms with E-state index in [4.69, 9.17) is 0 Å². The average Bonchev–Trinajstić information content (AvgIpc) is 2.96. The highest BCUT2D eigenvalue weighted by Crippen LogP contribution is 2.30. The molecule has 2 rings (SSSR count). The highest BCUT2D eigenvalue weighted by atomic mass is 16.3. The van der Waals surface area contributed by atoms with Gasteiger partial charge in [0.15, 0.2) is 5.82 Å². The van der Waals surface area contributed by atoms with E-state index in [0.29, 0.717) is 12.4 Å². The summed E-state index contributed by atoms with van der Waals surface area (Å²) in [6.07, 6.45) is 0.758. The van der Waals surface area contributed by atoms with E-state index in [1.807, 2.05) is 13.8 Å². The van der Waals surface area contributed by atoms with Crippen molar-refractivity contribution in [3.05, 3.63) is 5.82 Å². The summed E-state index contributed by atoms with van der Waals surface area (Å²) in [6.45, 7) is 4.28. The number of aromatic nitrogens is 4.